The molecule has 0 aromatic carbocycles. The molecule has 0 radical (unpaired) electrons. The Labute approximate surface area is 98.3 Å². The van der Waals surface area contributed by atoms with Crippen molar-refractivity contribution < 1.29 is 0 Å². The minimum atomic E-state index is 0.380. The molecule has 2 heterocycles. The molecule has 2 aromatic rings. The largest absolute Gasteiger partial charge is 0.291 e. The first-order valence-electron chi connectivity index (χ1n) is 5.30. The normalized spacial score (nSPS) is 15.2. The molecule has 16 heavy (non-hydrogen) atoms. The van der Waals surface area contributed by atoms with E-state index in [1.54, 1.807) is 0 Å². The lowest BCUT2D eigenvalue weighted by molar-refractivity contribution is 1.07. The summed E-state index contributed by atoms with van der Waals surface area (Å²) in [6, 6.07) is 6.24. The zero-order valence-corrected chi connectivity index (χ0v) is 9.41. The summed E-state index contributed by atoms with van der Waals surface area (Å²) in [5.41, 5.74) is 3.52. The fraction of sp³-hybridized carbons (Fsp3) is 0.333. The van der Waals surface area contributed by atoms with Gasteiger partial charge >= 0.3 is 0 Å². The highest BCUT2D eigenvalue weighted by molar-refractivity contribution is 6.16. The van der Waals surface area contributed by atoms with E-state index >= 15 is 0 Å². The van der Waals surface area contributed by atoms with E-state index in [4.69, 9.17) is 16.9 Å². The smallest absolute Gasteiger partial charge is 0.138 e. The highest BCUT2D eigenvalue weighted by Gasteiger charge is 2.24. The van der Waals surface area contributed by atoms with Gasteiger partial charge in [0.1, 0.15) is 17.4 Å². The first-order chi connectivity index (χ1) is 7.81. The van der Waals surface area contributed by atoms with Gasteiger partial charge in [-0.1, -0.05) is 0 Å². The summed E-state index contributed by atoms with van der Waals surface area (Å²) >= 11 is 5.75. The van der Waals surface area contributed by atoms with E-state index in [1.807, 2.05) is 16.7 Å². The number of hydrogen-bond acceptors (Lipinski definition) is 2. The van der Waals surface area contributed by atoms with Crippen molar-refractivity contribution in [2.24, 2.45) is 0 Å². The average Bonchev–Trinajstić information content (AvgIpc) is 3.07. The summed E-state index contributed by atoms with van der Waals surface area (Å²) in [6.07, 6.45) is 4.28. The second kappa shape index (κ2) is 3.50. The summed E-state index contributed by atoms with van der Waals surface area (Å²) in [4.78, 5) is 4.39. The maximum atomic E-state index is 9.11. The highest BCUT2D eigenvalue weighted by atomic mass is 35.5. The van der Waals surface area contributed by atoms with Crippen LogP contribution in [0.3, 0.4) is 0 Å². The van der Waals surface area contributed by atoms with Crippen LogP contribution in [0.15, 0.2) is 18.3 Å². The van der Waals surface area contributed by atoms with E-state index in [9.17, 15) is 0 Å². The van der Waals surface area contributed by atoms with E-state index in [2.05, 4.69) is 17.1 Å². The molecule has 0 saturated heterocycles. The van der Waals surface area contributed by atoms with Gasteiger partial charge in [0.15, 0.2) is 0 Å². The minimum Gasteiger partial charge on any atom is -0.291 e. The second-order valence-electron chi connectivity index (χ2n) is 4.15. The lowest BCUT2D eigenvalue weighted by Crippen LogP contribution is -1.93. The molecule has 4 heteroatoms. The molecule has 3 rings (SSSR count). The van der Waals surface area contributed by atoms with Crippen LogP contribution in [0.4, 0.5) is 0 Å². The Morgan fingerprint density at radius 3 is 2.94 bits per heavy atom. The van der Waals surface area contributed by atoms with Crippen molar-refractivity contribution >= 4 is 17.2 Å². The van der Waals surface area contributed by atoms with Crippen molar-refractivity contribution in [3.8, 4) is 6.07 Å². The maximum Gasteiger partial charge on any atom is 0.138 e. The summed E-state index contributed by atoms with van der Waals surface area (Å²) in [6.45, 7) is 0. The van der Waals surface area contributed by atoms with E-state index < -0.39 is 0 Å². The molecule has 0 unspecified atom stereocenters. The molecule has 0 bridgehead atoms. The molecule has 0 N–H and O–H groups in total. The van der Waals surface area contributed by atoms with Crippen LogP contribution in [0.2, 0.25) is 0 Å². The molecule has 0 spiro atoms. The molecule has 0 aliphatic heterocycles. The number of rotatable bonds is 2. The molecule has 2 aromatic heterocycles. The van der Waals surface area contributed by atoms with Crippen LogP contribution in [0.1, 0.15) is 35.7 Å². The number of nitrogens with zero attached hydrogens (tertiary/aromatic N) is 3. The Morgan fingerprint density at radius 1 is 1.50 bits per heavy atom. The molecule has 1 saturated carbocycles. The molecule has 1 aliphatic rings. The molecule has 1 aliphatic carbocycles. The fourth-order valence-electron chi connectivity index (χ4n) is 1.96. The van der Waals surface area contributed by atoms with Crippen LogP contribution < -0.4 is 0 Å². The van der Waals surface area contributed by atoms with E-state index in [0.717, 1.165) is 11.3 Å². The van der Waals surface area contributed by atoms with Gasteiger partial charge in [0.05, 0.1) is 11.6 Å². The lowest BCUT2D eigenvalue weighted by atomic mass is 10.1. The Kier molecular flexibility index (Phi) is 2.12. The number of fused-ring (bicyclic) bond motifs is 1. The highest BCUT2D eigenvalue weighted by Crippen LogP contribution is 2.40. The summed E-state index contributed by atoms with van der Waals surface area (Å²) in [5.74, 6) is 1.01. The van der Waals surface area contributed by atoms with Crippen molar-refractivity contribution in [2.75, 3.05) is 0 Å². The van der Waals surface area contributed by atoms with Crippen LogP contribution in [0.25, 0.3) is 5.65 Å². The molecule has 80 valence electrons. The first kappa shape index (κ1) is 9.68. The van der Waals surface area contributed by atoms with Crippen molar-refractivity contribution in [3.63, 3.8) is 0 Å². The van der Waals surface area contributed by atoms with Gasteiger partial charge in [0, 0.05) is 6.20 Å². The summed E-state index contributed by atoms with van der Waals surface area (Å²) in [5, 5.41) is 9.11. The predicted octanol–water partition coefficient (Wildman–Crippen LogP) is 2.82. The number of hydrogen-bond donors (Lipinski definition) is 0. The molecule has 3 nitrogen and oxygen atoms in total. The first-order valence-corrected chi connectivity index (χ1v) is 5.83. The number of aromatic nitrogens is 2. The van der Waals surface area contributed by atoms with Crippen molar-refractivity contribution in [2.45, 2.75) is 24.6 Å². The SMILES string of the molecule is N#Cc1cc(C2CC2)cc2nc(CCl)cn12. The molecular formula is C12H10ClN3. The number of alkyl halides is 1. The van der Waals surface area contributed by atoms with Crippen LogP contribution in [0, 0.1) is 11.3 Å². The van der Waals surface area contributed by atoms with Gasteiger partial charge in [-0.25, -0.2) is 4.98 Å². The summed E-state index contributed by atoms with van der Waals surface area (Å²) < 4.78 is 1.81. The van der Waals surface area contributed by atoms with Gasteiger partial charge < -0.3 is 0 Å². The monoisotopic (exact) mass is 231 g/mol. The van der Waals surface area contributed by atoms with Crippen LogP contribution in [-0.2, 0) is 5.88 Å². The number of halogens is 1. The minimum absolute atomic E-state index is 0.380. The van der Waals surface area contributed by atoms with Gasteiger partial charge in [0.25, 0.3) is 0 Å². The third-order valence-electron chi connectivity index (χ3n) is 2.94. The number of nitriles is 1. The van der Waals surface area contributed by atoms with E-state index in [0.29, 0.717) is 17.5 Å². The van der Waals surface area contributed by atoms with Crippen molar-refractivity contribution in [3.05, 3.63) is 35.3 Å². The third-order valence-corrected chi connectivity index (χ3v) is 3.22. The Bertz CT molecular complexity index is 590. The number of pyridine rings is 1. The zero-order chi connectivity index (χ0) is 11.1. The molecule has 0 atom stereocenters. The van der Waals surface area contributed by atoms with Gasteiger partial charge in [-0.2, -0.15) is 5.26 Å². The Morgan fingerprint density at radius 2 is 2.31 bits per heavy atom. The average molecular weight is 232 g/mol. The lowest BCUT2D eigenvalue weighted by Gasteiger charge is -2.01. The standard InChI is InChI=1S/C12H10ClN3/c13-5-10-7-16-11(6-14)3-9(8-1-2-8)4-12(16)15-10/h3-4,7-8H,1-2,5H2. The van der Waals surface area contributed by atoms with E-state index in [-0.39, 0.29) is 0 Å². The zero-order valence-electron chi connectivity index (χ0n) is 8.65. The van der Waals surface area contributed by atoms with Gasteiger partial charge in [-0.05, 0) is 36.5 Å². The van der Waals surface area contributed by atoms with Crippen LogP contribution in [0.5, 0.6) is 0 Å². The molecule has 1 fully saturated rings. The molecule has 0 amide bonds. The maximum absolute atomic E-state index is 9.11. The van der Waals surface area contributed by atoms with Crippen molar-refractivity contribution in [1.82, 2.24) is 9.38 Å². The summed E-state index contributed by atoms with van der Waals surface area (Å²) in [7, 11) is 0. The second-order valence-corrected chi connectivity index (χ2v) is 4.42. The predicted molar refractivity (Wildman–Crippen MR) is 61.4 cm³/mol. The third kappa shape index (κ3) is 1.46. The van der Waals surface area contributed by atoms with Gasteiger partial charge in [-0.3, -0.25) is 4.40 Å². The number of imidazole rings is 1. The van der Waals surface area contributed by atoms with E-state index in [1.165, 1.54) is 18.4 Å². The van der Waals surface area contributed by atoms with Crippen LogP contribution >= 0.6 is 11.6 Å². The Balaban J connectivity index is 2.24. The quantitative estimate of drug-likeness (QED) is 0.746. The van der Waals surface area contributed by atoms with Gasteiger partial charge in [0.2, 0.25) is 0 Å². The fourth-order valence-corrected chi connectivity index (χ4v) is 2.09. The van der Waals surface area contributed by atoms with Gasteiger partial charge in [-0.15, -0.1) is 11.6 Å². The topological polar surface area (TPSA) is 41.1 Å². The van der Waals surface area contributed by atoms with Crippen molar-refractivity contribution in [1.29, 1.82) is 5.26 Å². The van der Waals surface area contributed by atoms with Crippen LogP contribution in [-0.4, -0.2) is 9.38 Å². The molecular weight excluding hydrogens is 222 g/mol. The Hall–Kier alpha value is -1.53.